The van der Waals surface area contributed by atoms with Gasteiger partial charge in [-0.3, -0.25) is 4.79 Å². The van der Waals surface area contributed by atoms with Crippen molar-refractivity contribution in [2.24, 2.45) is 5.92 Å². The molecule has 0 aliphatic carbocycles. The largest absolute Gasteiger partial charge is 0.497 e. The van der Waals surface area contributed by atoms with Gasteiger partial charge in [0.2, 0.25) is 5.88 Å². The van der Waals surface area contributed by atoms with E-state index in [1.165, 1.54) is 0 Å². The third kappa shape index (κ3) is 6.98. The summed E-state index contributed by atoms with van der Waals surface area (Å²) in [4.78, 5) is 34.3. The van der Waals surface area contributed by atoms with Crippen LogP contribution in [0.15, 0.2) is 66.9 Å². The third-order valence-electron chi connectivity index (χ3n) is 6.93. The van der Waals surface area contributed by atoms with E-state index in [9.17, 15) is 14.7 Å². The summed E-state index contributed by atoms with van der Waals surface area (Å²) >= 11 is 0. The molecule has 9 heteroatoms. The molecule has 1 aliphatic heterocycles. The molecule has 210 valence electrons. The quantitative estimate of drug-likeness (QED) is 0.428. The van der Waals surface area contributed by atoms with E-state index >= 15 is 0 Å². The number of carbonyl (C=O) groups is 2. The number of aromatic nitrogens is 1. The van der Waals surface area contributed by atoms with Gasteiger partial charge in [-0.2, -0.15) is 0 Å². The number of hydrogen-bond donors (Lipinski definition) is 2. The molecule has 0 radical (unpaired) electrons. The number of aliphatic hydroxyl groups excluding tert-OH is 1. The van der Waals surface area contributed by atoms with Gasteiger partial charge >= 0.3 is 6.03 Å². The average Bonchev–Trinajstić information content (AvgIpc) is 2.98. The van der Waals surface area contributed by atoms with Crippen LogP contribution in [0.25, 0.3) is 12.2 Å². The lowest BCUT2D eigenvalue weighted by Crippen LogP contribution is -2.50. The van der Waals surface area contributed by atoms with Gasteiger partial charge in [-0.25, -0.2) is 9.78 Å². The molecule has 2 N–H and O–H groups in total. The number of carbonyl (C=O) groups excluding carboxylic acids is 2. The summed E-state index contributed by atoms with van der Waals surface area (Å²) in [6.45, 7) is 4.19. The monoisotopic (exact) mass is 544 g/mol. The minimum Gasteiger partial charge on any atom is -0.497 e. The molecule has 0 unspecified atom stereocenters. The summed E-state index contributed by atoms with van der Waals surface area (Å²) in [6, 6.07) is 18.0. The van der Waals surface area contributed by atoms with E-state index in [1.807, 2.05) is 56.3 Å². The van der Waals surface area contributed by atoms with Crippen LogP contribution in [0.2, 0.25) is 0 Å². The number of amides is 3. The second kappa shape index (κ2) is 13.1. The number of benzene rings is 2. The van der Waals surface area contributed by atoms with Crippen molar-refractivity contribution in [3.8, 4) is 11.6 Å². The number of likely N-dealkylation sites (N-methyl/N-ethyl adjacent to an activating group) is 1. The Bertz CT molecular complexity index is 1350. The molecule has 3 aromatic rings. The molecule has 9 nitrogen and oxygen atoms in total. The number of hydrogen-bond acceptors (Lipinski definition) is 6. The van der Waals surface area contributed by atoms with E-state index in [-0.39, 0.29) is 36.9 Å². The molecule has 2 aromatic carbocycles. The molecule has 4 rings (SSSR count). The van der Waals surface area contributed by atoms with Crippen molar-refractivity contribution in [2.75, 3.05) is 39.2 Å². The highest BCUT2D eigenvalue weighted by atomic mass is 16.5. The van der Waals surface area contributed by atoms with Crippen molar-refractivity contribution >= 4 is 29.8 Å². The van der Waals surface area contributed by atoms with Crippen molar-refractivity contribution in [2.45, 2.75) is 26.0 Å². The van der Waals surface area contributed by atoms with E-state index < -0.39 is 12.1 Å². The molecule has 0 spiro atoms. The first-order valence-electron chi connectivity index (χ1n) is 13.3. The van der Waals surface area contributed by atoms with Gasteiger partial charge in [0.1, 0.15) is 17.4 Å². The number of pyridine rings is 1. The smallest absolute Gasteiger partial charge is 0.321 e. The second-order valence-electron chi connectivity index (χ2n) is 10.0. The molecular formula is C31H36N4O5. The van der Waals surface area contributed by atoms with Crippen LogP contribution in [-0.2, 0) is 0 Å². The van der Waals surface area contributed by atoms with Gasteiger partial charge in [-0.05, 0) is 36.2 Å². The van der Waals surface area contributed by atoms with E-state index in [2.05, 4.69) is 10.3 Å². The molecule has 2 heterocycles. The van der Waals surface area contributed by atoms with Crippen molar-refractivity contribution < 1.29 is 24.2 Å². The van der Waals surface area contributed by atoms with Crippen LogP contribution in [-0.4, -0.2) is 77.8 Å². The lowest BCUT2D eigenvalue weighted by Gasteiger charge is -2.37. The molecule has 3 atom stereocenters. The summed E-state index contributed by atoms with van der Waals surface area (Å²) in [6.07, 6.45) is 5.05. The minimum atomic E-state index is -0.459. The number of nitrogens with zero attached hydrogens (tertiary/aromatic N) is 3. The fourth-order valence-electron chi connectivity index (χ4n) is 4.46. The molecule has 0 bridgehead atoms. The fraction of sp³-hybridized carbons (Fsp3) is 0.323. The SMILES string of the molecule is COc1cccc(NC(=O)N(C)C[C@@H]2Oc3ncc(/C=C/c4ccccc4)cc3C(=O)N([C@H](C)CO)C[C@@H]2C)c1. The zero-order chi connectivity index (χ0) is 28.6. The average molecular weight is 545 g/mol. The van der Waals surface area contributed by atoms with Crippen molar-refractivity contribution in [3.63, 3.8) is 0 Å². The zero-order valence-electron chi connectivity index (χ0n) is 23.3. The van der Waals surface area contributed by atoms with Gasteiger partial charge in [-0.1, -0.05) is 55.5 Å². The number of fused-ring (bicyclic) bond motifs is 1. The second-order valence-corrected chi connectivity index (χ2v) is 10.0. The van der Waals surface area contributed by atoms with E-state index in [1.54, 1.807) is 60.5 Å². The number of anilines is 1. The molecular weight excluding hydrogens is 508 g/mol. The summed E-state index contributed by atoms with van der Waals surface area (Å²) in [7, 11) is 3.26. The maximum atomic E-state index is 13.6. The first-order valence-corrected chi connectivity index (χ1v) is 13.3. The standard InChI is InChI=1S/C31H36N4O5/c1-21-18-35(22(2)20-36)30(37)27-15-24(14-13-23-9-6-5-7-10-23)17-32-29(27)40-28(21)19-34(3)31(38)33-25-11-8-12-26(16-25)39-4/h5-17,21-22,28,36H,18-20H2,1-4H3,(H,33,38)/b14-13+/t21-,22+,28-/m0/s1. The summed E-state index contributed by atoms with van der Waals surface area (Å²) in [5.41, 5.74) is 2.70. The van der Waals surface area contributed by atoms with Crippen LogP contribution in [0.1, 0.15) is 35.3 Å². The lowest BCUT2D eigenvalue weighted by molar-refractivity contribution is 0.0356. The molecule has 1 aliphatic rings. The number of nitrogens with one attached hydrogen (secondary N) is 1. The number of rotatable bonds is 8. The Hall–Kier alpha value is -4.37. The number of aliphatic hydroxyl groups is 1. The minimum absolute atomic E-state index is 0.155. The van der Waals surface area contributed by atoms with Crippen molar-refractivity contribution in [3.05, 3.63) is 83.6 Å². The van der Waals surface area contributed by atoms with E-state index in [0.717, 1.165) is 11.1 Å². The molecule has 0 saturated carbocycles. The van der Waals surface area contributed by atoms with Gasteiger partial charge in [0.15, 0.2) is 0 Å². The van der Waals surface area contributed by atoms with E-state index in [0.29, 0.717) is 23.5 Å². The lowest BCUT2D eigenvalue weighted by atomic mass is 10.00. The van der Waals surface area contributed by atoms with Crippen LogP contribution in [0.5, 0.6) is 11.6 Å². The number of ether oxygens (including phenoxy) is 2. The van der Waals surface area contributed by atoms with Gasteiger partial charge in [0.05, 0.1) is 26.3 Å². The number of urea groups is 1. The summed E-state index contributed by atoms with van der Waals surface area (Å²) in [5, 5.41) is 12.8. The molecule has 1 aromatic heterocycles. The van der Waals surface area contributed by atoms with Crippen LogP contribution < -0.4 is 14.8 Å². The van der Waals surface area contributed by atoms with Gasteiger partial charge in [0, 0.05) is 37.5 Å². The first-order chi connectivity index (χ1) is 19.3. The Morgan fingerprint density at radius 3 is 2.67 bits per heavy atom. The molecule has 3 amide bonds. The highest BCUT2D eigenvalue weighted by Gasteiger charge is 2.34. The van der Waals surface area contributed by atoms with Crippen LogP contribution >= 0.6 is 0 Å². The van der Waals surface area contributed by atoms with Crippen LogP contribution in [0, 0.1) is 5.92 Å². The predicted molar refractivity (Wildman–Crippen MR) is 155 cm³/mol. The van der Waals surface area contributed by atoms with Crippen molar-refractivity contribution in [1.29, 1.82) is 0 Å². The maximum absolute atomic E-state index is 13.6. The Balaban J connectivity index is 1.58. The third-order valence-corrected chi connectivity index (χ3v) is 6.93. The summed E-state index contributed by atoms with van der Waals surface area (Å²) < 4.78 is 11.6. The highest BCUT2D eigenvalue weighted by Crippen LogP contribution is 2.28. The van der Waals surface area contributed by atoms with Crippen LogP contribution in [0.4, 0.5) is 10.5 Å². The normalized spacial score (nSPS) is 17.8. The first kappa shape index (κ1) is 28.6. The molecule has 40 heavy (non-hydrogen) atoms. The topological polar surface area (TPSA) is 104 Å². The van der Waals surface area contributed by atoms with Gasteiger partial charge < -0.3 is 29.7 Å². The Morgan fingerprint density at radius 2 is 1.95 bits per heavy atom. The Kier molecular flexibility index (Phi) is 9.39. The predicted octanol–water partition coefficient (Wildman–Crippen LogP) is 4.64. The fourth-order valence-corrected chi connectivity index (χ4v) is 4.46. The highest BCUT2D eigenvalue weighted by molar-refractivity contribution is 5.97. The van der Waals surface area contributed by atoms with Crippen molar-refractivity contribution in [1.82, 2.24) is 14.8 Å². The van der Waals surface area contributed by atoms with Crippen LogP contribution in [0.3, 0.4) is 0 Å². The van der Waals surface area contributed by atoms with Gasteiger partial charge in [-0.15, -0.1) is 0 Å². The Labute approximate surface area is 235 Å². The zero-order valence-corrected chi connectivity index (χ0v) is 23.3. The van der Waals surface area contributed by atoms with E-state index in [4.69, 9.17) is 9.47 Å². The Morgan fingerprint density at radius 1 is 1.20 bits per heavy atom. The number of methoxy groups -OCH3 is 1. The molecule has 0 saturated heterocycles. The van der Waals surface area contributed by atoms with Gasteiger partial charge in [0.25, 0.3) is 5.91 Å². The maximum Gasteiger partial charge on any atom is 0.321 e. The summed E-state index contributed by atoms with van der Waals surface area (Å²) in [5.74, 6) is 0.432. The molecule has 0 fully saturated rings.